The number of aromatic nitrogens is 1. The number of rotatable bonds is 6. The monoisotopic (exact) mass is 227 g/mol. The van der Waals surface area contributed by atoms with Crippen LogP contribution in [0.5, 0.6) is 0 Å². The lowest BCUT2D eigenvalue weighted by Crippen LogP contribution is -2.01. The molecule has 1 aromatic heterocycles. The summed E-state index contributed by atoms with van der Waals surface area (Å²) in [5.74, 6) is -0.583. The zero-order chi connectivity index (χ0) is 12.1. The fourth-order valence-electron chi connectivity index (χ4n) is 1.40. The number of carbonyl (C=O) groups is 1. The molecule has 0 saturated heterocycles. The molecule has 0 radical (unpaired) electrons. The number of aryl methyl sites for hydroxylation is 1. The molecule has 0 saturated carbocycles. The standard InChI is InChI=1S/C11H17NO4/c1-7(2)9-10(11(13)14)16-8(12-9)5-4-6-15-3/h7H,4-6H2,1-3H3,(H,13,14). The Morgan fingerprint density at radius 2 is 2.25 bits per heavy atom. The van der Waals surface area contributed by atoms with Gasteiger partial charge in [0.1, 0.15) is 0 Å². The Kier molecular flexibility index (Phi) is 4.49. The molecule has 1 heterocycles. The zero-order valence-electron chi connectivity index (χ0n) is 9.82. The number of carboxylic acid groups (broad SMARTS) is 1. The van der Waals surface area contributed by atoms with E-state index in [0.29, 0.717) is 24.6 Å². The second-order valence-electron chi connectivity index (χ2n) is 3.88. The quantitative estimate of drug-likeness (QED) is 0.753. The van der Waals surface area contributed by atoms with Crippen LogP contribution in [0, 0.1) is 0 Å². The molecule has 0 aliphatic heterocycles. The summed E-state index contributed by atoms with van der Waals surface area (Å²) in [6, 6.07) is 0. The first-order chi connectivity index (χ1) is 7.56. The second-order valence-corrected chi connectivity index (χ2v) is 3.88. The molecule has 0 amide bonds. The summed E-state index contributed by atoms with van der Waals surface area (Å²) < 4.78 is 10.1. The summed E-state index contributed by atoms with van der Waals surface area (Å²) in [7, 11) is 1.62. The molecule has 0 atom stereocenters. The number of hydrogen-bond donors (Lipinski definition) is 1. The molecule has 0 aliphatic carbocycles. The van der Waals surface area contributed by atoms with Gasteiger partial charge in [-0.1, -0.05) is 13.8 Å². The van der Waals surface area contributed by atoms with Crippen LogP contribution in [0.15, 0.2) is 4.42 Å². The fourth-order valence-corrected chi connectivity index (χ4v) is 1.40. The van der Waals surface area contributed by atoms with Crippen molar-refractivity contribution in [3.8, 4) is 0 Å². The Hall–Kier alpha value is -1.36. The molecule has 1 aromatic rings. The van der Waals surface area contributed by atoms with E-state index in [1.54, 1.807) is 7.11 Å². The van der Waals surface area contributed by atoms with Gasteiger partial charge in [-0.25, -0.2) is 9.78 Å². The van der Waals surface area contributed by atoms with Gasteiger partial charge in [-0.3, -0.25) is 0 Å². The van der Waals surface area contributed by atoms with Gasteiger partial charge in [0, 0.05) is 20.1 Å². The maximum Gasteiger partial charge on any atom is 0.373 e. The number of ether oxygens (including phenoxy) is 1. The first-order valence-corrected chi connectivity index (χ1v) is 5.28. The minimum atomic E-state index is -1.06. The van der Waals surface area contributed by atoms with E-state index in [4.69, 9.17) is 14.3 Å². The summed E-state index contributed by atoms with van der Waals surface area (Å²) in [5.41, 5.74) is 0.514. The van der Waals surface area contributed by atoms with Crippen molar-refractivity contribution in [2.45, 2.75) is 32.6 Å². The second kappa shape index (κ2) is 5.65. The minimum Gasteiger partial charge on any atom is -0.475 e. The van der Waals surface area contributed by atoms with E-state index in [1.807, 2.05) is 13.8 Å². The van der Waals surface area contributed by atoms with Crippen molar-refractivity contribution in [3.05, 3.63) is 17.3 Å². The van der Waals surface area contributed by atoms with Gasteiger partial charge < -0.3 is 14.3 Å². The van der Waals surface area contributed by atoms with Crippen molar-refractivity contribution in [2.75, 3.05) is 13.7 Å². The van der Waals surface area contributed by atoms with Crippen molar-refractivity contribution >= 4 is 5.97 Å². The Bertz CT molecular complexity index is 357. The van der Waals surface area contributed by atoms with Gasteiger partial charge in [0.2, 0.25) is 5.76 Å². The first kappa shape index (κ1) is 12.7. The van der Waals surface area contributed by atoms with Crippen LogP contribution in [0.4, 0.5) is 0 Å². The normalized spacial score (nSPS) is 11.0. The SMILES string of the molecule is COCCCc1nc(C(C)C)c(C(=O)O)o1. The Balaban J connectivity index is 2.80. The third kappa shape index (κ3) is 3.06. The van der Waals surface area contributed by atoms with Gasteiger partial charge in [0.05, 0.1) is 5.69 Å². The maximum atomic E-state index is 10.9. The molecule has 90 valence electrons. The van der Waals surface area contributed by atoms with E-state index in [-0.39, 0.29) is 11.7 Å². The molecule has 0 fully saturated rings. The smallest absolute Gasteiger partial charge is 0.373 e. The Labute approximate surface area is 94.4 Å². The fraction of sp³-hybridized carbons (Fsp3) is 0.636. The van der Waals surface area contributed by atoms with Gasteiger partial charge >= 0.3 is 5.97 Å². The number of carboxylic acids is 1. The molecule has 1 rings (SSSR count). The van der Waals surface area contributed by atoms with E-state index in [1.165, 1.54) is 0 Å². The summed E-state index contributed by atoms with van der Waals surface area (Å²) in [6.45, 7) is 4.40. The van der Waals surface area contributed by atoms with Crippen molar-refractivity contribution in [1.82, 2.24) is 4.98 Å². The highest BCUT2D eigenvalue weighted by Crippen LogP contribution is 2.20. The Morgan fingerprint density at radius 1 is 1.56 bits per heavy atom. The molecule has 5 nitrogen and oxygen atoms in total. The molecule has 1 N–H and O–H groups in total. The zero-order valence-corrected chi connectivity index (χ0v) is 9.82. The summed E-state index contributed by atoms with van der Waals surface area (Å²) in [4.78, 5) is 15.1. The van der Waals surface area contributed by atoms with E-state index in [2.05, 4.69) is 4.98 Å². The lowest BCUT2D eigenvalue weighted by molar-refractivity contribution is 0.0658. The van der Waals surface area contributed by atoms with Crippen LogP contribution in [0.3, 0.4) is 0 Å². The number of oxazole rings is 1. The average Bonchev–Trinajstić information content (AvgIpc) is 2.62. The van der Waals surface area contributed by atoms with Gasteiger partial charge in [0.25, 0.3) is 0 Å². The highest BCUT2D eigenvalue weighted by Gasteiger charge is 2.21. The van der Waals surface area contributed by atoms with Crippen LogP contribution in [0.2, 0.25) is 0 Å². The molecule has 0 aromatic carbocycles. The van der Waals surface area contributed by atoms with E-state index < -0.39 is 5.97 Å². The number of nitrogens with zero attached hydrogens (tertiary/aromatic N) is 1. The molecule has 0 aliphatic rings. The molecule has 0 bridgehead atoms. The Morgan fingerprint density at radius 3 is 2.69 bits per heavy atom. The molecule has 16 heavy (non-hydrogen) atoms. The summed E-state index contributed by atoms with van der Waals surface area (Å²) >= 11 is 0. The minimum absolute atomic E-state index is 0.0394. The molecule has 5 heteroatoms. The van der Waals surface area contributed by atoms with Crippen LogP contribution in [-0.2, 0) is 11.2 Å². The number of methoxy groups -OCH3 is 1. The summed E-state index contributed by atoms with van der Waals surface area (Å²) in [5, 5.41) is 8.94. The lowest BCUT2D eigenvalue weighted by Gasteiger charge is -1.98. The molecule has 0 spiro atoms. The van der Waals surface area contributed by atoms with Crippen LogP contribution >= 0.6 is 0 Å². The third-order valence-corrected chi connectivity index (χ3v) is 2.18. The van der Waals surface area contributed by atoms with Crippen LogP contribution in [-0.4, -0.2) is 29.8 Å². The molecular weight excluding hydrogens is 210 g/mol. The van der Waals surface area contributed by atoms with Crippen LogP contribution in [0.1, 0.15) is 48.3 Å². The lowest BCUT2D eigenvalue weighted by atomic mass is 10.1. The van der Waals surface area contributed by atoms with Crippen molar-refractivity contribution in [3.63, 3.8) is 0 Å². The highest BCUT2D eigenvalue weighted by molar-refractivity contribution is 5.85. The van der Waals surface area contributed by atoms with Crippen molar-refractivity contribution < 1.29 is 19.1 Å². The summed E-state index contributed by atoms with van der Waals surface area (Å²) in [6.07, 6.45) is 1.37. The van der Waals surface area contributed by atoms with E-state index >= 15 is 0 Å². The third-order valence-electron chi connectivity index (χ3n) is 2.18. The molecule has 0 unspecified atom stereocenters. The highest BCUT2D eigenvalue weighted by atomic mass is 16.5. The van der Waals surface area contributed by atoms with Gasteiger partial charge in [-0.15, -0.1) is 0 Å². The average molecular weight is 227 g/mol. The molecular formula is C11H17NO4. The van der Waals surface area contributed by atoms with Gasteiger partial charge in [0.15, 0.2) is 5.89 Å². The van der Waals surface area contributed by atoms with E-state index in [0.717, 1.165) is 6.42 Å². The number of aromatic carboxylic acids is 1. The van der Waals surface area contributed by atoms with Crippen LogP contribution < -0.4 is 0 Å². The van der Waals surface area contributed by atoms with Crippen LogP contribution in [0.25, 0.3) is 0 Å². The predicted octanol–water partition coefficient (Wildman–Crippen LogP) is 2.08. The van der Waals surface area contributed by atoms with Gasteiger partial charge in [-0.05, 0) is 12.3 Å². The topological polar surface area (TPSA) is 72.6 Å². The van der Waals surface area contributed by atoms with Gasteiger partial charge in [-0.2, -0.15) is 0 Å². The van der Waals surface area contributed by atoms with Crippen molar-refractivity contribution in [1.29, 1.82) is 0 Å². The van der Waals surface area contributed by atoms with Crippen molar-refractivity contribution in [2.24, 2.45) is 0 Å². The predicted molar refractivity (Wildman–Crippen MR) is 57.7 cm³/mol. The first-order valence-electron chi connectivity index (χ1n) is 5.28. The van der Waals surface area contributed by atoms with E-state index in [9.17, 15) is 4.79 Å². The number of hydrogen-bond acceptors (Lipinski definition) is 4. The maximum absolute atomic E-state index is 10.9. The largest absolute Gasteiger partial charge is 0.475 e.